The molecule has 0 saturated heterocycles. The van der Waals surface area contributed by atoms with Crippen molar-refractivity contribution in [3.05, 3.63) is 59.0 Å². The van der Waals surface area contributed by atoms with Crippen LogP contribution in [0.15, 0.2) is 47.0 Å². The van der Waals surface area contributed by atoms with E-state index < -0.39 is 0 Å². The van der Waals surface area contributed by atoms with Crippen LogP contribution in [0.5, 0.6) is 0 Å². The lowest BCUT2D eigenvalue weighted by molar-refractivity contribution is 0.831. The van der Waals surface area contributed by atoms with Crippen molar-refractivity contribution in [3.8, 4) is 0 Å². The summed E-state index contributed by atoms with van der Waals surface area (Å²) >= 11 is 1.75. The Hall–Kier alpha value is -1.48. The molecule has 2 rings (SSSR count). The lowest BCUT2D eigenvalue weighted by atomic mass is 10.0. The van der Waals surface area contributed by atoms with Gasteiger partial charge in [-0.15, -0.1) is 0 Å². The number of aromatic nitrogens is 2. The van der Waals surface area contributed by atoms with Gasteiger partial charge in [-0.25, -0.2) is 4.98 Å². The molecule has 2 nitrogen and oxygen atoms in total. The highest BCUT2D eigenvalue weighted by Crippen LogP contribution is 2.37. The maximum absolute atomic E-state index is 4.49. The number of allylic oxidation sites excluding steroid dienone is 1. The van der Waals surface area contributed by atoms with Gasteiger partial charge in [-0.1, -0.05) is 56.8 Å². The van der Waals surface area contributed by atoms with E-state index in [2.05, 4.69) is 61.6 Å². The van der Waals surface area contributed by atoms with E-state index in [0.717, 1.165) is 23.4 Å². The average Bonchev–Trinajstić information content (AvgIpc) is 2.89. The highest BCUT2D eigenvalue weighted by molar-refractivity contribution is 8.03. The Kier molecular flexibility index (Phi) is 5.07. The highest BCUT2D eigenvalue weighted by atomic mass is 32.2. The van der Waals surface area contributed by atoms with Gasteiger partial charge in [-0.05, 0) is 29.9 Å². The molecular weight excluding hydrogens is 264 g/mol. The third-order valence-electron chi connectivity index (χ3n) is 3.48. The van der Waals surface area contributed by atoms with Crippen molar-refractivity contribution in [2.45, 2.75) is 44.4 Å². The van der Waals surface area contributed by atoms with Gasteiger partial charge in [0.2, 0.25) is 0 Å². The fourth-order valence-corrected chi connectivity index (χ4v) is 3.15. The monoisotopic (exact) mass is 286 g/mol. The molecule has 1 atom stereocenters. The SMILES string of the molecule is C=C(Sc1ccccc1C)[C@@H](C)c1nc[nH]c1CCC. The van der Waals surface area contributed by atoms with Gasteiger partial charge in [0, 0.05) is 16.5 Å². The molecule has 0 fully saturated rings. The Morgan fingerprint density at radius 3 is 2.85 bits per heavy atom. The van der Waals surface area contributed by atoms with Crippen LogP contribution < -0.4 is 0 Å². The maximum atomic E-state index is 4.49. The molecule has 1 aromatic carbocycles. The number of rotatable bonds is 6. The van der Waals surface area contributed by atoms with Crippen LogP contribution >= 0.6 is 11.8 Å². The fourth-order valence-electron chi connectivity index (χ4n) is 2.21. The number of nitrogens with zero attached hydrogens (tertiary/aromatic N) is 1. The van der Waals surface area contributed by atoms with Gasteiger partial charge in [0.15, 0.2) is 0 Å². The smallest absolute Gasteiger partial charge is 0.0925 e. The van der Waals surface area contributed by atoms with E-state index >= 15 is 0 Å². The third kappa shape index (κ3) is 3.34. The molecular formula is C17H22N2S. The van der Waals surface area contributed by atoms with Gasteiger partial charge in [-0.2, -0.15) is 0 Å². The number of benzene rings is 1. The molecule has 0 saturated carbocycles. The molecule has 1 aromatic heterocycles. The summed E-state index contributed by atoms with van der Waals surface area (Å²) in [7, 11) is 0. The Labute approximate surface area is 125 Å². The summed E-state index contributed by atoms with van der Waals surface area (Å²) in [6.07, 6.45) is 3.96. The molecule has 0 radical (unpaired) electrons. The first-order valence-electron chi connectivity index (χ1n) is 7.07. The molecule has 0 aliphatic rings. The summed E-state index contributed by atoms with van der Waals surface area (Å²) in [5.74, 6) is 0.257. The van der Waals surface area contributed by atoms with Crippen LogP contribution in [0.25, 0.3) is 0 Å². The van der Waals surface area contributed by atoms with E-state index in [1.807, 2.05) is 0 Å². The van der Waals surface area contributed by atoms with Crippen LogP contribution in [-0.2, 0) is 6.42 Å². The summed E-state index contributed by atoms with van der Waals surface area (Å²) in [6.45, 7) is 10.8. The quantitative estimate of drug-likeness (QED) is 0.750. The van der Waals surface area contributed by atoms with Crippen molar-refractivity contribution in [2.24, 2.45) is 0 Å². The predicted octanol–water partition coefficient (Wildman–Crippen LogP) is 5.08. The average molecular weight is 286 g/mol. The summed E-state index contributed by atoms with van der Waals surface area (Å²) < 4.78 is 0. The molecule has 1 heterocycles. The molecule has 0 aliphatic carbocycles. The largest absolute Gasteiger partial charge is 0.348 e. The number of imidazole rings is 1. The predicted molar refractivity (Wildman–Crippen MR) is 87.2 cm³/mol. The van der Waals surface area contributed by atoms with Crippen molar-refractivity contribution in [3.63, 3.8) is 0 Å². The molecule has 0 bridgehead atoms. The molecule has 20 heavy (non-hydrogen) atoms. The first-order valence-corrected chi connectivity index (χ1v) is 7.89. The molecule has 2 aromatic rings. The van der Waals surface area contributed by atoms with Crippen molar-refractivity contribution in [1.82, 2.24) is 9.97 Å². The first kappa shape index (κ1) is 14.9. The topological polar surface area (TPSA) is 28.7 Å². The number of hydrogen-bond acceptors (Lipinski definition) is 2. The minimum atomic E-state index is 0.257. The van der Waals surface area contributed by atoms with Gasteiger partial charge in [-0.3, -0.25) is 0 Å². The van der Waals surface area contributed by atoms with Crippen LogP contribution in [0.4, 0.5) is 0 Å². The van der Waals surface area contributed by atoms with E-state index in [0.29, 0.717) is 0 Å². The van der Waals surface area contributed by atoms with E-state index in [9.17, 15) is 0 Å². The van der Waals surface area contributed by atoms with Gasteiger partial charge in [0.25, 0.3) is 0 Å². The van der Waals surface area contributed by atoms with Crippen LogP contribution in [0.2, 0.25) is 0 Å². The van der Waals surface area contributed by atoms with Crippen molar-refractivity contribution < 1.29 is 0 Å². The number of aryl methyl sites for hydroxylation is 2. The highest BCUT2D eigenvalue weighted by Gasteiger charge is 2.17. The Bertz CT molecular complexity index is 586. The maximum Gasteiger partial charge on any atom is 0.0925 e. The van der Waals surface area contributed by atoms with Crippen LogP contribution in [0.3, 0.4) is 0 Å². The zero-order chi connectivity index (χ0) is 14.5. The van der Waals surface area contributed by atoms with Crippen molar-refractivity contribution in [2.75, 3.05) is 0 Å². The van der Waals surface area contributed by atoms with E-state index in [4.69, 9.17) is 0 Å². The zero-order valence-corrected chi connectivity index (χ0v) is 13.3. The summed E-state index contributed by atoms with van der Waals surface area (Å²) in [6, 6.07) is 8.43. The second-order valence-corrected chi connectivity index (χ2v) is 6.24. The molecule has 106 valence electrons. The van der Waals surface area contributed by atoms with Gasteiger partial charge in [0.05, 0.1) is 12.0 Å². The number of nitrogens with one attached hydrogen (secondary N) is 1. The third-order valence-corrected chi connectivity index (χ3v) is 4.77. The molecule has 0 unspecified atom stereocenters. The van der Waals surface area contributed by atoms with Gasteiger partial charge < -0.3 is 4.98 Å². The number of aromatic amines is 1. The molecule has 0 spiro atoms. The summed E-state index contributed by atoms with van der Waals surface area (Å²) in [5.41, 5.74) is 3.67. The fraction of sp³-hybridized carbons (Fsp3) is 0.353. The minimum Gasteiger partial charge on any atom is -0.348 e. The number of hydrogen-bond donors (Lipinski definition) is 1. The van der Waals surface area contributed by atoms with E-state index in [1.54, 1.807) is 18.1 Å². The standard InChI is InChI=1S/C17H22N2S/c1-5-8-15-17(19-11-18-15)13(3)14(4)20-16-10-7-6-9-12(16)2/h6-7,9-11,13H,4-5,8H2,1-3H3,(H,18,19)/t13-/m1/s1. The Morgan fingerprint density at radius 2 is 2.15 bits per heavy atom. The normalized spacial score (nSPS) is 12.3. The molecule has 3 heteroatoms. The minimum absolute atomic E-state index is 0.257. The number of H-pyrrole nitrogens is 1. The Balaban J connectivity index is 2.13. The summed E-state index contributed by atoms with van der Waals surface area (Å²) in [5, 5.41) is 0. The van der Waals surface area contributed by atoms with Gasteiger partial charge >= 0.3 is 0 Å². The zero-order valence-electron chi connectivity index (χ0n) is 12.4. The van der Waals surface area contributed by atoms with E-state index in [1.165, 1.54) is 16.2 Å². The van der Waals surface area contributed by atoms with Crippen molar-refractivity contribution in [1.29, 1.82) is 0 Å². The van der Waals surface area contributed by atoms with Crippen LogP contribution in [0, 0.1) is 6.92 Å². The van der Waals surface area contributed by atoms with Crippen LogP contribution in [-0.4, -0.2) is 9.97 Å². The molecule has 0 amide bonds. The van der Waals surface area contributed by atoms with Gasteiger partial charge in [0.1, 0.15) is 0 Å². The van der Waals surface area contributed by atoms with E-state index in [-0.39, 0.29) is 5.92 Å². The molecule has 1 N–H and O–H groups in total. The number of thioether (sulfide) groups is 1. The molecule has 0 aliphatic heterocycles. The van der Waals surface area contributed by atoms with Crippen molar-refractivity contribution >= 4 is 11.8 Å². The summed E-state index contributed by atoms with van der Waals surface area (Å²) in [4.78, 5) is 10.2. The van der Waals surface area contributed by atoms with Crippen LogP contribution in [0.1, 0.15) is 43.1 Å². The second kappa shape index (κ2) is 6.80. The lowest BCUT2D eigenvalue weighted by Gasteiger charge is -2.15. The first-order chi connectivity index (χ1) is 9.63. The lowest BCUT2D eigenvalue weighted by Crippen LogP contribution is -2.00. The Morgan fingerprint density at radius 1 is 1.40 bits per heavy atom. The second-order valence-electron chi connectivity index (χ2n) is 5.07.